The molecule has 6 heteroatoms. The van der Waals surface area contributed by atoms with E-state index in [9.17, 15) is 14.0 Å². The van der Waals surface area contributed by atoms with E-state index < -0.39 is 0 Å². The molecule has 2 fully saturated rings. The van der Waals surface area contributed by atoms with Gasteiger partial charge < -0.3 is 9.64 Å². The number of halogens is 1. The molecule has 5 nitrogen and oxygen atoms in total. The SMILES string of the molecule is COc1cccc(C(=O)N(c2ccc(F)cc2)C2CCN(C3CCCCC3=O)CC2)c1. The summed E-state index contributed by atoms with van der Waals surface area (Å²) in [7, 11) is 1.57. The molecule has 1 aliphatic carbocycles. The van der Waals surface area contributed by atoms with Crippen LogP contribution in [0.2, 0.25) is 0 Å². The van der Waals surface area contributed by atoms with Crippen LogP contribution in [0.5, 0.6) is 5.75 Å². The van der Waals surface area contributed by atoms with Crippen LogP contribution in [0.15, 0.2) is 48.5 Å². The van der Waals surface area contributed by atoms with Crippen molar-refractivity contribution in [2.24, 2.45) is 0 Å². The minimum absolute atomic E-state index is 0.0147. The molecule has 1 unspecified atom stereocenters. The van der Waals surface area contributed by atoms with E-state index in [0.717, 1.165) is 45.2 Å². The number of Topliss-reactive ketones (excluding diaryl/α,β-unsaturated/α-hetero) is 1. The van der Waals surface area contributed by atoms with Crippen LogP contribution in [0.25, 0.3) is 0 Å². The number of anilines is 1. The Kier molecular flexibility index (Phi) is 6.66. The maximum Gasteiger partial charge on any atom is 0.258 e. The summed E-state index contributed by atoms with van der Waals surface area (Å²) < 4.78 is 18.8. The average molecular weight is 425 g/mol. The normalized spacial score (nSPS) is 20.5. The minimum atomic E-state index is -0.330. The van der Waals surface area contributed by atoms with E-state index in [2.05, 4.69) is 4.90 Å². The summed E-state index contributed by atoms with van der Waals surface area (Å²) in [6.07, 6.45) is 5.27. The smallest absolute Gasteiger partial charge is 0.258 e. The highest BCUT2D eigenvalue weighted by molar-refractivity contribution is 6.06. The first kappa shape index (κ1) is 21.5. The van der Waals surface area contributed by atoms with E-state index in [0.29, 0.717) is 29.2 Å². The van der Waals surface area contributed by atoms with Gasteiger partial charge in [0.2, 0.25) is 0 Å². The van der Waals surface area contributed by atoms with Crippen molar-refractivity contribution in [1.82, 2.24) is 4.90 Å². The molecular formula is C25H29FN2O3. The quantitative estimate of drug-likeness (QED) is 0.711. The van der Waals surface area contributed by atoms with Gasteiger partial charge in [0.15, 0.2) is 0 Å². The summed E-state index contributed by atoms with van der Waals surface area (Å²) in [5.74, 6) is 0.518. The third-order valence-corrected chi connectivity index (χ3v) is 6.47. The van der Waals surface area contributed by atoms with Crippen molar-refractivity contribution in [2.45, 2.75) is 50.6 Å². The van der Waals surface area contributed by atoms with Gasteiger partial charge in [0.25, 0.3) is 5.91 Å². The molecule has 1 atom stereocenters. The van der Waals surface area contributed by atoms with Crippen molar-refractivity contribution in [1.29, 1.82) is 0 Å². The Balaban J connectivity index is 1.56. The average Bonchev–Trinajstić information content (AvgIpc) is 2.81. The minimum Gasteiger partial charge on any atom is -0.497 e. The summed E-state index contributed by atoms with van der Waals surface area (Å²) >= 11 is 0. The third kappa shape index (κ3) is 4.79. The molecule has 2 aromatic rings. The topological polar surface area (TPSA) is 49.9 Å². The van der Waals surface area contributed by atoms with Crippen LogP contribution in [0.1, 0.15) is 48.9 Å². The summed E-state index contributed by atoms with van der Waals surface area (Å²) in [4.78, 5) is 30.0. The number of carbonyl (C=O) groups is 2. The van der Waals surface area contributed by atoms with Crippen molar-refractivity contribution < 1.29 is 18.7 Å². The Labute approximate surface area is 182 Å². The van der Waals surface area contributed by atoms with E-state index in [-0.39, 0.29) is 23.8 Å². The first-order valence-electron chi connectivity index (χ1n) is 11.1. The second kappa shape index (κ2) is 9.60. The summed E-state index contributed by atoms with van der Waals surface area (Å²) in [6, 6.07) is 13.2. The van der Waals surface area contributed by atoms with Crippen molar-refractivity contribution in [2.75, 3.05) is 25.1 Å². The molecule has 2 aromatic carbocycles. The fourth-order valence-corrected chi connectivity index (χ4v) is 4.80. The van der Waals surface area contributed by atoms with Crippen LogP contribution in [0.3, 0.4) is 0 Å². The molecule has 1 heterocycles. The number of hydrogen-bond donors (Lipinski definition) is 0. The molecule has 1 saturated heterocycles. The van der Waals surface area contributed by atoms with Crippen molar-refractivity contribution in [3.05, 3.63) is 59.9 Å². The van der Waals surface area contributed by atoms with E-state index in [4.69, 9.17) is 4.74 Å². The van der Waals surface area contributed by atoms with Gasteiger partial charge in [-0.2, -0.15) is 0 Å². The molecule has 0 radical (unpaired) electrons. The zero-order chi connectivity index (χ0) is 21.8. The lowest BCUT2D eigenvalue weighted by molar-refractivity contribution is -0.126. The first-order chi connectivity index (χ1) is 15.1. The van der Waals surface area contributed by atoms with Gasteiger partial charge in [-0.3, -0.25) is 14.5 Å². The van der Waals surface area contributed by atoms with Gasteiger partial charge in [-0.15, -0.1) is 0 Å². The number of methoxy groups -OCH3 is 1. The standard InChI is InChI=1S/C25H29FN2O3/c1-31-22-6-4-5-18(17-22)25(30)28(20-11-9-19(26)10-12-20)21-13-15-27(16-14-21)23-7-2-3-8-24(23)29/h4-6,9-12,17,21,23H,2-3,7-8,13-16H2,1H3. The van der Waals surface area contributed by atoms with Crippen LogP contribution in [0.4, 0.5) is 10.1 Å². The second-order valence-electron chi connectivity index (χ2n) is 8.38. The van der Waals surface area contributed by atoms with Crippen molar-refractivity contribution in [3.8, 4) is 5.75 Å². The number of ketones is 1. The lowest BCUT2D eigenvalue weighted by atomic mass is 9.90. The molecule has 1 amide bonds. The van der Waals surface area contributed by atoms with E-state index in [1.807, 2.05) is 0 Å². The highest BCUT2D eigenvalue weighted by Crippen LogP contribution is 2.29. The van der Waals surface area contributed by atoms with Crippen LogP contribution < -0.4 is 9.64 Å². The van der Waals surface area contributed by atoms with Gasteiger partial charge >= 0.3 is 0 Å². The van der Waals surface area contributed by atoms with Gasteiger partial charge in [0, 0.05) is 36.8 Å². The highest BCUT2D eigenvalue weighted by atomic mass is 19.1. The van der Waals surface area contributed by atoms with Gasteiger partial charge in [-0.25, -0.2) is 4.39 Å². The van der Waals surface area contributed by atoms with Crippen LogP contribution in [-0.2, 0) is 4.79 Å². The predicted octanol–water partition coefficient (Wildman–Crippen LogP) is 4.46. The molecule has 1 aliphatic heterocycles. The van der Waals surface area contributed by atoms with Crippen LogP contribution in [0, 0.1) is 5.82 Å². The monoisotopic (exact) mass is 424 g/mol. The number of amides is 1. The molecule has 0 aromatic heterocycles. The zero-order valence-corrected chi connectivity index (χ0v) is 17.9. The molecule has 1 saturated carbocycles. The third-order valence-electron chi connectivity index (χ3n) is 6.47. The van der Waals surface area contributed by atoms with Gasteiger partial charge in [0.1, 0.15) is 17.3 Å². The Morgan fingerprint density at radius 1 is 1.06 bits per heavy atom. The number of nitrogens with zero attached hydrogens (tertiary/aromatic N) is 2. The van der Waals surface area contributed by atoms with Gasteiger partial charge in [-0.05, 0) is 68.1 Å². The fraction of sp³-hybridized carbons (Fsp3) is 0.440. The van der Waals surface area contributed by atoms with Crippen molar-refractivity contribution in [3.63, 3.8) is 0 Å². The van der Waals surface area contributed by atoms with Gasteiger partial charge in [-0.1, -0.05) is 12.5 Å². The Bertz CT molecular complexity index is 923. The highest BCUT2D eigenvalue weighted by Gasteiger charge is 2.35. The number of carbonyl (C=O) groups excluding carboxylic acids is 2. The van der Waals surface area contributed by atoms with E-state index in [1.165, 1.54) is 12.1 Å². The molecule has 0 bridgehead atoms. The number of ether oxygens (including phenoxy) is 1. The Hall–Kier alpha value is -2.73. The number of hydrogen-bond acceptors (Lipinski definition) is 4. The number of piperidine rings is 1. The Morgan fingerprint density at radius 2 is 1.81 bits per heavy atom. The second-order valence-corrected chi connectivity index (χ2v) is 8.38. The summed E-state index contributed by atoms with van der Waals surface area (Å²) in [5, 5.41) is 0. The van der Waals surface area contributed by atoms with Gasteiger partial charge in [0.05, 0.1) is 13.2 Å². The number of rotatable bonds is 5. The summed E-state index contributed by atoms with van der Waals surface area (Å²) in [5.41, 5.74) is 1.22. The first-order valence-corrected chi connectivity index (χ1v) is 11.1. The largest absolute Gasteiger partial charge is 0.497 e. The van der Waals surface area contributed by atoms with E-state index >= 15 is 0 Å². The van der Waals surface area contributed by atoms with Crippen LogP contribution in [-0.4, -0.2) is 48.9 Å². The maximum atomic E-state index is 13.6. The Morgan fingerprint density at radius 3 is 2.48 bits per heavy atom. The molecule has 164 valence electrons. The molecule has 31 heavy (non-hydrogen) atoms. The van der Waals surface area contributed by atoms with Crippen LogP contribution >= 0.6 is 0 Å². The van der Waals surface area contributed by atoms with E-state index in [1.54, 1.807) is 48.4 Å². The molecule has 2 aliphatic rings. The maximum absolute atomic E-state index is 13.6. The molecule has 0 N–H and O–H groups in total. The molecule has 0 spiro atoms. The fourth-order valence-electron chi connectivity index (χ4n) is 4.80. The molecule has 4 rings (SSSR count). The number of likely N-dealkylation sites (tertiary alicyclic amines) is 1. The lowest BCUT2D eigenvalue weighted by Gasteiger charge is -2.42. The van der Waals surface area contributed by atoms with Crippen molar-refractivity contribution >= 4 is 17.4 Å². The predicted molar refractivity (Wildman–Crippen MR) is 118 cm³/mol. The zero-order valence-electron chi connectivity index (χ0n) is 17.9. The number of benzene rings is 2. The molecular weight excluding hydrogens is 395 g/mol. The summed E-state index contributed by atoms with van der Waals surface area (Å²) in [6.45, 7) is 1.56. The lowest BCUT2D eigenvalue weighted by Crippen LogP contribution is -2.52.